The smallest absolute Gasteiger partial charge is 0.311 e. The van der Waals surface area contributed by atoms with Gasteiger partial charge in [0.2, 0.25) is 0 Å². The molecule has 21 heavy (non-hydrogen) atoms. The van der Waals surface area contributed by atoms with E-state index in [0.29, 0.717) is 25.2 Å². The van der Waals surface area contributed by atoms with Crippen LogP contribution in [0.5, 0.6) is 0 Å². The maximum atomic E-state index is 11.5. The van der Waals surface area contributed by atoms with Crippen LogP contribution in [0.1, 0.15) is 19.3 Å². The summed E-state index contributed by atoms with van der Waals surface area (Å²) in [7, 11) is 0. The third-order valence-electron chi connectivity index (χ3n) is 4.11. The number of carboxylic acid groups (broad SMARTS) is 1. The zero-order valence-electron chi connectivity index (χ0n) is 11.0. The van der Waals surface area contributed by atoms with Gasteiger partial charge in [0, 0.05) is 9.40 Å². The number of carbonyl (C=O) groups is 1. The Morgan fingerprint density at radius 3 is 2.95 bits per heavy atom. The van der Waals surface area contributed by atoms with Gasteiger partial charge in [-0.1, -0.05) is 6.42 Å². The molecule has 4 rings (SSSR count). The number of rotatable bonds is 4. The molecule has 0 saturated heterocycles. The summed E-state index contributed by atoms with van der Waals surface area (Å²) < 4.78 is 4.06. The van der Waals surface area contributed by atoms with Crippen LogP contribution in [-0.4, -0.2) is 31.3 Å². The molecule has 8 heteroatoms. The molecule has 1 aliphatic carbocycles. The number of hydrogen-bond donors (Lipinski definition) is 1. The van der Waals surface area contributed by atoms with Gasteiger partial charge in [-0.05, 0) is 40.8 Å². The van der Waals surface area contributed by atoms with Gasteiger partial charge in [-0.3, -0.25) is 4.79 Å². The summed E-state index contributed by atoms with van der Waals surface area (Å²) >= 11 is 3.32. The molecule has 0 aromatic carbocycles. The SMILES string of the molecule is O=C(O)C1(Cn2nnnc2-c2cc3sccc3s2)CCC1. The van der Waals surface area contributed by atoms with Gasteiger partial charge < -0.3 is 5.11 Å². The highest BCUT2D eigenvalue weighted by molar-refractivity contribution is 7.28. The van der Waals surface area contributed by atoms with Crippen molar-refractivity contribution in [3.05, 3.63) is 17.5 Å². The average Bonchev–Trinajstić information content (AvgIpc) is 3.07. The molecule has 3 aromatic rings. The normalized spacial score (nSPS) is 17.0. The first-order valence-electron chi connectivity index (χ1n) is 6.65. The average molecular weight is 320 g/mol. The molecule has 1 N–H and O–H groups in total. The number of hydrogen-bond acceptors (Lipinski definition) is 6. The number of fused-ring (bicyclic) bond motifs is 1. The highest BCUT2D eigenvalue weighted by Crippen LogP contribution is 2.43. The number of nitrogens with zero attached hydrogens (tertiary/aromatic N) is 4. The number of thiophene rings is 2. The van der Waals surface area contributed by atoms with Crippen LogP contribution in [0.3, 0.4) is 0 Å². The van der Waals surface area contributed by atoms with Crippen molar-refractivity contribution in [2.24, 2.45) is 5.41 Å². The molecule has 0 unspecified atom stereocenters. The Hall–Kier alpha value is -1.80. The van der Waals surface area contributed by atoms with Crippen molar-refractivity contribution in [3.63, 3.8) is 0 Å². The van der Waals surface area contributed by atoms with E-state index in [2.05, 4.69) is 33.0 Å². The lowest BCUT2D eigenvalue weighted by atomic mass is 9.69. The predicted octanol–water partition coefficient (Wildman–Crippen LogP) is 2.87. The Morgan fingerprint density at radius 1 is 1.43 bits per heavy atom. The van der Waals surface area contributed by atoms with Crippen molar-refractivity contribution < 1.29 is 9.90 Å². The van der Waals surface area contributed by atoms with Gasteiger partial charge in [0.15, 0.2) is 5.82 Å². The maximum absolute atomic E-state index is 11.5. The minimum absolute atomic E-state index is 0.343. The zero-order valence-corrected chi connectivity index (χ0v) is 12.7. The van der Waals surface area contributed by atoms with E-state index in [-0.39, 0.29) is 0 Å². The first-order valence-corrected chi connectivity index (χ1v) is 8.35. The molecule has 0 radical (unpaired) electrons. The summed E-state index contributed by atoms with van der Waals surface area (Å²) in [5.41, 5.74) is -0.696. The van der Waals surface area contributed by atoms with Crippen LogP contribution in [0.2, 0.25) is 0 Å². The molecular weight excluding hydrogens is 308 g/mol. The molecule has 108 valence electrons. The van der Waals surface area contributed by atoms with Gasteiger partial charge in [0.25, 0.3) is 0 Å². The maximum Gasteiger partial charge on any atom is 0.311 e. The standard InChI is InChI=1S/C13H12N4O2S2/c18-12(19)13(3-1-4-13)7-17-11(14-15-16-17)10-6-9-8(21-10)2-5-20-9/h2,5-6H,1,3-4,7H2,(H,18,19). The van der Waals surface area contributed by atoms with Crippen LogP contribution in [0, 0.1) is 5.41 Å². The van der Waals surface area contributed by atoms with Crippen molar-refractivity contribution in [2.75, 3.05) is 0 Å². The first-order chi connectivity index (χ1) is 10.2. The van der Waals surface area contributed by atoms with Crippen molar-refractivity contribution in [1.29, 1.82) is 0 Å². The van der Waals surface area contributed by atoms with Crippen molar-refractivity contribution in [3.8, 4) is 10.7 Å². The van der Waals surface area contributed by atoms with Gasteiger partial charge >= 0.3 is 5.97 Å². The van der Waals surface area contributed by atoms with Crippen LogP contribution in [0.15, 0.2) is 17.5 Å². The topological polar surface area (TPSA) is 80.9 Å². The monoisotopic (exact) mass is 320 g/mol. The zero-order chi connectivity index (χ0) is 14.4. The Bertz CT molecular complexity index is 786. The van der Waals surface area contributed by atoms with Crippen molar-refractivity contribution in [2.45, 2.75) is 25.8 Å². The quantitative estimate of drug-likeness (QED) is 0.799. The minimum Gasteiger partial charge on any atom is -0.481 e. The second-order valence-corrected chi connectivity index (χ2v) is 7.39. The van der Waals surface area contributed by atoms with Gasteiger partial charge in [0.05, 0.1) is 16.8 Å². The molecule has 1 aliphatic rings. The van der Waals surface area contributed by atoms with E-state index in [1.165, 1.54) is 9.40 Å². The van der Waals surface area contributed by atoms with Crippen LogP contribution in [0.4, 0.5) is 0 Å². The van der Waals surface area contributed by atoms with E-state index in [1.807, 2.05) is 0 Å². The lowest BCUT2D eigenvalue weighted by Crippen LogP contribution is -2.42. The Morgan fingerprint density at radius 2 is 2.29 bits per heavy atom. The Balaban J connectivity index is 1.70. The van der Waals surface area contributed by atoms with E-state index in [4.69, 9.17) is 0 Å². The second kappa shape index (κ2) is 4.60. The minimum atomic E-state index is -0.748. The summed E-state index contributed by atoms with van der Waals surface area (Å²) in [5.74, 6) is -0.0849. The van der Waals surface area contributed by atoms with Crippen LogP contribution in [-0.2, 0) is 11.3 Å². The molecule has 0 spiro atoms. The van der Waals surface area contributed by atoms with E-state index in [1.54, 1.807) is 27.4 Å². The highest BCUT2D eigenvalue weighted by atomic mass is 32.1. The van der Waals surface area contributed by atoms with Gasteiger partial charge in [-0.15, -0.1) is 27.8 Å². The largest absolute Gasteiger partial charge is 0.481 e. The molecule has 6 nitrogen and oxygen atoms in total. The fourth-order valence-corrected chi connectivity index (χ4v) is 4.79. The fourth-order valence-electron chi connectivity index (χ4n) is 2.69. The number of carboxylic acids is 1. The molecule has 0 bridgehead atoms. The summed E-state index contributed by atoms with van der Waals surface area (Å²) in [6.45, 7) is 0.343. The molecule has 3 heterocycles. The number of aliphatic carboxylic acids is 1. The molecule has 0 aliphatic heterocycles. The van der Waals surface area contributed by atoms with Gasteiger partial charge in [-0.2, -0.15) is 0 Å². The lowest BCUT2D eigenvalue weighted by molar-refractivity contribution is -0.156. The predicted molar refractivity (Wildman–Crippen MR) is 80.4 cm³/mol. The third kappa shape index (κ3) is 1.97. The second-order valence-electron chi connectivity index (χ2n) is 5.36. The van der Waals surface area contributed by atoms with Crippen LogP contribution in [0.25, 0.3) is 20.1 Å². The molecule has 0 atom stereocenters. The fraction of sp³-hybridized carbons (Fsp3) is 0.385. The van der Waals surface area contributed by atoms with Gasteiger partial charge in [-0.25, -0.2) is 4.68 Å². The van der Waals surface area contributed by atoms with Gasteiger partial charge in [0.1, 0.15) is 0 Å². The molecule has 1 saturated carbocycles. The summed E-state index contributed by atoms with van der Waals surface area (Å²) in [4.78, 5) is 12.5. The molecule has 3 aromatic heterocycles. The van der Waals surface area contributed by atoms with E-state index >= 15 is 0 Å². The number of aromatic nitrogens is 4. The Labute approximate surface area is 128 Å². The first kappa shape index (κ1) is 12.9. The summed E-state index contributed by atoms with van der Waals surface area (Å²) in [5, 5.41) is 23.3. The van der Waals surface area contributed by atoms with E-state index in [9.17, 15) is 9.90 Å². The molecule has 0 amide bonds. The van der Waals surface area contributed by atoms with Crippen LogP contribution >= 0.6 is 22.7 Å². The lowest BCUT2D eigenvalue weighted by Gasteiger charge is -2.37. The van der Waals surface area contributed by atoms with E-state index in [0.717, 1.165) is 11.3 Å². The van der Waals surface area contributed by atoms with Crippen LogP contribution < -0.4 is 0 Å². The number of tetrazole rings is 1. The summed E-state index contributed by atoms with van der Waals surface area (Å²) in [6.07, 6.45) is 2.35. The molecular formula is C13H12N4O2S2. The van der Waals surface area contributed by atoms with Crippen molar-refractivity contribution >= 4 is 38.0 Å². The van der Waals surface area contributed by atoms with Crippen molar-refractivity contribution in [1.82, 2.24) is 20.2 Å². The summed E-state index contributed by atoms with van der Waals surface area (Å²) in [6, 6.07) is 4.15. The third-order valence-corrected chi connectivity index (χ3v) is 6.20. The Kier molecular flexibility index (Phi) is 2.83. The highest BCUT2D eigenvalue weighted by Gasteiger charge is 2.45. The van der Waals surface area contributed by atoms with E-state index < -0.39 is 11.4 Å². The molecule has 1 fully saturated rings.